The summed E-state index contributed by atoms with van der Waals surface area (Å²) in [5, 5.41) is 3.97. The van der Waals surface area contributed by atoms with Crippen molar-refractivity contribution in [1.29, 1.82) is 0 Å². The molecule has 1 aromatic carbocycles. The van der Waals surface area contributed by atoms with Crippen LogP contribution in [0.5, 0.6) is 5.75 Å². The maximum atomic E-state index is 5.96. The Hall–Kier alpha value is -1.61. The highest BCUT2D eigenvalue weighted by Crippen LogP contribution is 2.30. The molecule has 2 rings (SSSR count). The maximum Gasteiger partial charge on any atom is 0.142 e. The van der Waals surface area contributed by atoms with Crippen molar-refractivity contribution in [1.82, 2.24) is 0 Å². The average molecular weight is 252 g/mol. The first-order valence-electron chi connectivity index (χ1n) is 5.34. The largest absolute Gasteiger partial charge is 0.495 e. The molecule has 1 N–H and O–H groups in total. The molecule has 0 saturated carbocycles. The third-order valence-corrected chi connectivity index (χ3v) is 2.74. The van der Waals surface area contributed by atoms with E-state index in [9.17, 15) is 0 Å². The maximum absolute atomic E-state index is 5.96. The number of methoxy groups -OCH3 is 1. The Labute approximate surface area is 105 Å². The molecule has 90 valence electrons. The number of hydrogen-bond acceptors (Lipinski definition) is 3. The van der Waals surface area contributed by atoms with Crippen molar-refractivity contribution in [2.75, 3.05) is 12.4 Å². The first-order chi connectivity index (χ1) is 8.20. The molecule has 4 heteroatoms. The van der Waals surface area contributed by atoms with Crippen molar-refractivity contribution in [3.63, 3.8) is 0 Å². The number of anilines is 1. The van der Waals surface area contributed by atoms with Gasteiger partial charge >= 0.3 is 0 Å². The third kappa shape index (κ3) is 2.74. The molecule has 0 aliphatic carbocycles. The van der Waals surface area contributed by atoms with E-state index >= 15 is 0 Å². The average Bonchev–Trinajstić information content (AvgIpc) is 2.83. The lowest BCUT2D eigenvalue weighted by atomic mass is 10.2. The molecule has 1 heterocycles. The van der Waals surface area contributed by atoms with Crippen molar-refractivity contribution in [3.05, 3.63) is 47.4 Å². The van der Waals surface area contributed by atoms with Crippen molar-refractivity contribution in [3.8, 4) is 5.75 Å². The second kappa shape index (κ2) is 5.15. The van der Waals surface area contributed by atoms with Gasteiger partial charge in [0.25, 0.3) is 0 Å². The highest BCUT2D eigenvalue weighted by Gasteiger charge is 2.11. The lowest BCUT2D eigenvalue weighted by molar-refractivity contribution is 0.415. The molecule has 1 atom stereocenters. The van der Waals surface area contributed by atoms with Crippen LogP contribution in [-0.2, 0) is 0 Å². The van der Waals surface area contributed by atoms with E-state index in [4.69, 9.17) is 20.8 Å². The topological polar surface area (TPSA) is 34.4 Å². The molecular formula is C13H14ClNO2. The Morgan fingerprint density at radius 1 is 1.35 bits per heavy atom. The molecule has 0 aliphatic rings. The number of hydrogen-bond donors (Lipinski definition) is 1. The standard InChI is InChI=1S/C13H14ClNO2/c1-9(12-4-3-7-17-12)15-11-8-10(14)5-6-13(11)16-2/h3-9,15H,1-2H3. The van der Waals surface area contributed by atoms with Crippen LogP contribution in [0.4, 0.5) is 5.69 Å². The van der Waals surface area contributed by atoms with E-state index in [0.717, 1.165) is 17.2 Å². The minimum absolute atomic E-state index is 0.0531. The number of furan rings is 1. The first-order valence-corrected chi connectivity index (χ1v) is 5.72. The molecule has 2 aromatic rings. The Balaban J connectivity index is 2.20. The van der Waals surface area contributed by atoms with Crippen LogP contribution in [0.3, 0.4) is 0 Å². The number of nitrogens with one attached hydrogen (secondary N) is 1. The second-order valence-corrected chi connectivity index (χ2v) is 4.16. The van der Waals surface area contributed by atoms with E-state index in [1.807, 2.05) is 31.2 Å². The summed E-state index contributed by atoms with van der Waals surface area (Å²) in [6, 6.07) is 9.30. The predicted octanol–water partition coefficient (Wildman–Crippen LogP) is 4.11. The summed E-state index contributed by atoms with van der Waals surface area (Å²) in [4.78, 5) is 0. The summed E-state index contributed by atoms with van der Waals surface area (Å²) >= 11 is 5.96. The van der Waals surface area contributed by atoms with Gasteiger partial charge in [-0.1, -0.05) is 11.6 Å². The molecule has 1 unspecified atom stereocenters. The molecule has 1 aromatic heterocycles. The summed E-state index contributed by atoms with van der Waals surface area (Å²) in [7, 11) is 1.63. The normalized spacial score (nSPS) is 12.2. The number of benzene rings is 1. The lowest BCUT2D eigenvalue weighted by Crippen LogP contribution is -2.06. The van der Waals surface area contributed by atoms with Gasteiger partial charge in [-0.2, -0.15) is 0 Å². The lowest BCUT2D eigenvalue weighted by Gasteiger charge is -2.16. The van der Waals surface area contributed by atoms with Gasteiger partial charge < -0.3 is 14.5 Å². The van der Waals surface area contributed by atoms with Crippen LogP contribution in [-0.4, -0.2) is 7.11 Å². The second-order valence-electron chi connectivity index (χ2n) is 3.73. The van der Waals surface area contributed by atoms with E-state index < -0.39 is 0 Å². The molecule has 0 bridgehead atoms. The van der Waals surface area contributed by atoms with Crippen molar-refractivity contribution >= 4 is 17.3 Å². The van der Waals surface area contributed by atoms with Crippen molar-refractivity contribution < 1.29 is 9.15 Å². The van der Waals surface area contributed by atoms with Crippen LogP contribution < -0.4 is 10.1 Å². The Morgan fingerprint density at radius 3 is 2.82 bits per heavy atom. The van der Waals surface area contributed by atoms with Gasteiger partial charge in [-0.05, 0) is 37.3 Å². The third-order valence-electron chi connectivity index (χ3n) is 2.50. The zero-order valence-electron chi connectivity index (χ0n) is 9.74. The molecule has 0 amide bonds. The van der Waals surface area contributed by atoms with Crippen molar-refractivity contribution in [2.24, 2.45) is 0 Å². The fraction of sp³-hybridized carbons (Fsp3) is 0.231. The van der Waals surface area contributed by atoms with Crippen molar-refractivity contribution in [2.45, 2.75) is 13.0 Å². The number of ether oxygens (including phenoxy) is 1. The van der Waals surface area contributed by atoms with E-state index in [1.54, 1.807) is 19.4 Å². The van der Waals surface area contributed by atoms with E-state index in [0.29, 0.717) is 5.02 Å². The summed E-state index contributed by atoms with van der Waals surface area (Å²) in [6.07, 6.45) is 1.66. The quantitative estimate of drug-likeness (QED) is 0.888. The van der Waals surface area contributed by atoms with Gasteiger partial charge in [0.05, 0.1) is 25.1 Å². The fourth-order valence-corrected chi connectivity index (χ4v) is 1.81. The Bertz CT molecular complexity index is 482. The molecule has 0 radical (unpaired) electrons. The molecule has 0 spiro atoms. The number of halogens is 1. The van der Waals surface area contributed by atoms with Crippen LogP contribution in [0.2, 0.25) is 5.02 Å². The minimum atomic E-state index is 0.0531. The van der Waals surface area contributed by atoms with Gasteiger partial charge in [0.1, 0.15) is 11.5 Å². The smallest absolute Gasteiger partial charge is 0.142 e. The van der Waals surface area contributed by atoms with Crippen LogP contribution >= 0.6 is 11.6 Å². The molecular weight excluding hydrogens is 238 g/mol. The van der Waals surface area contributed by atoms with E-state index in [1.165, 1.54) is 0 Å². The van der Waals surface area contributed by atoms with Crippen LogP contribution in [0, 0.1) is 0 Å². The number of rotatable bonds is 4. The first kappa shape index (κ1) is 11.9. The van der Waals surface area contributed by atoms with Gasteiger partial charge in [-0.15, -0.1) is 0 Å². The summed E-state index contributed by atoms with van der Waals surface area (Å²) in [5.74, 6) is 1.62. The van der Waals surface area contributed by atoms with Gasteiger partial charge in [0.15, 0.2) is 0 Å². The minimum Gasteiger partial charge on any atom is -0.495 e. The molecule has 17 heavy (non-hydrogen) atoms. The van der Waals surface area contributed by atoms with E-state index in [-0.39, 0.29) is 6.04 Å². The summed E-state index contributed by atoms with van der Waals surface area (Å²) in [5.41, 5.74) is 0.851. The zero-order valence-corrected chi connectivity index (χ0v) is 10.5. The zero-order chi connectivity index (χ0) is 12.3. The van der Waals surface area contributed by atoms with Gasteiger partial charge in [0.2, 0.25) is 0 Å². The highest BCUT2D eigenvalue weighted by atomic mass is 35.5. The van der Waals surface area contributed by atoms with Gasteiger partial charge in [-0.25, -0.2) is 0 Å². The summed E-state index contributed by atoms with van der Waals surface area (Å²) < 4.78 is 10.6. The monoisotopic (exact) mass is 251 g/mol. The SMILES string of the molecule is COc1ccc(Cl)cc1NC(C)c1ccco1. The Kier molecular flexibility index (Phi) is 3.59. The fourth-order valence-electron chi connectivity index (χ4n) is 1.64. The van der Waals surface area contributed by atoms with Crippen LogP contribution in [0.15, 0.2) is 41.0 Å². The van der Waals surface area contributed by atoms with E-state index in [2.05, 4.69) is 5.32 Å². The Morgan fingerprint density at radius 2 is 2.18 bits per heavy atom. The summed E-state index contributed by atoms with van der Waals surface area (Å²) in [6.45, 7) is 2.01. The van der Waals surface area contributed by atoms with Gasteiger partial charge in [0, 0.05) is 5.02 Å². The van der Waals surface area contributed by atoms with Crippen LogP contribution in [0.25, 0.3) is 0 Å². The van der Waals surface area contributed by atoms with Crippen LogP contribution in [0.1, 0.15) is 18.7 Å². The highest BCUT2D eigenvalue weighted by molar-refractivity contribution is 6.30. The molecule has 0 fully saturated rings. The molecule has 0 aliphatic heterocycles. The molecule has 3 nitrogen and oxygen atoms in total. The predicted molar refractivity (Wildman–Crippen MR) is 68.7 cm³/mol. The van der Waals surface area contributed by atoms with Gasteiger partial charge in [-0.3, -0.25) is 0 Å². The molecule has 0 saturated heterocycles.